The van der Waals surface area contributed by atoms with E-state index in [1.54, 1.807) is 10.9 Å². The maximum Gasteiger partial charge on any atom is 0.176 e. The van der Waals surface area contributed by atoms with Crippen molar-refractivity contribution in [1.82, 2.24) is 20.0 Å². The summed E-state index contributed by atoms with van der Waals surface area (Å²) in [5, 5.41) is 31.2. The Balaban J connectivity index is 1.74. The zero-order valence-corrected chi connectivity index (χ0v) is 17.2. The quantitative estimate of drug-likeness (QED) is 0.684. The molecule has 3 unspecified atom stereocenters. The van der Waals surface area contributed by atoms with Gasteiger partial charge in [0.1, 0.15) is 6.07 Å². The second-order valence-corrected chi connectivity index (χ2v) is 8.34. The first kappa shape index (κ1) is 19.5. The molecule has 7 nitrogen and oxygen atoms in total. The maximum atomic E-state index is 12.8. The number of allylic oxidation sites excluding steroid dienone is 2. The van der Waals surface area contributed by atoms with Crippen molar-refractivity contribution in [2.24, 2.45) is 11.8 Å². The van der Waals surface area contributed by atoms with Crippen LogP contribution in [0.25, 0.3) is 11.3 Å². The number of ketones is 1. The fraction of sp³-hybridized carbons (Fsp3) is 0.333. The highest BCUT2D eigenvalue weighted by Gasteiger charge is 2.53. The Morgan fingerprint density at radius 2 is 2.16 bits per heavy atom. The van der Waals surface area contributed by atoms with E-state index >= 15 is 0 Å². The van der Waals surface area contributed by atoms with Crippen molar-refractivity contribution in [2.75, 3.05) is 6.61 Å². The van der Waals surface area contributed by atoms with Crippen LogP contribution in [0.3, 0.4) is 0 Å². The monoisotopic (exact) mass is 413 g/mol. The predicted octanol–water partition coefficient (Wildman–Crippen LogP) is 2.78. The highest BCUT2D eigenvalue weighted by atomic mass is 16.3. The van der Waals surface area contributed by atoms with Crippen molar-refractivity contribution >= 4 is 5.78 Å². The first-order chi connectivity index (χ1) is 15.1. The van der Waals surface area contributed by atoms with Gasteiger partial charge in [-0.1, -0.05) is 37.3 Å². The summed E-state index contributed by atoms with van der Waals surface area (Å²) in [7, 11) is 0. The van der Waals surface area contributed by atoms with E-state index in [9.17, 15) is 15.2 Å². The number of H-pyrrole nitrogens is 1. The third kappa shape index (κ3) is 2.79. The fourth-order valence-corrected chi connectivity index (χ4v) is 5.41. The van der Waals surface area contributed by atoms with Crippen molar-refractivity contribution in [1.29, 1.82) is 5.26 Å². The number of carbonyl (C=O) groups is 1. The number of aromatic nitrogens is 4. The molecule has 0 fully saturated rings. The van der Waals surface area contributed by atoms with Gasteiger partial charge in [-0.25, -0.2) is 0 Å². The SMILES string of the molecule is CC1C(=O)C(C#N)=CC2(c3ccccc3)c3[nH]nc(-c4cnn(CCO)c4)c3CCC12. The molecule has 5 rings (SSSR count). The van der Waals surface area contributed by atoms with Gasteiger partial charge >= 0.3 is 0 Å². The van der Waals surface area contributed by atoms with E-state index < -0.39 is 5.41 Å². The molecule has 2 N–H and O–H groups in total. The third-order valence-electron chi connectivity index (χ3n) is 6.83. The summed E-state index contributed by atoms with van der Waals surface area (Å²) in [6, 6.07) is 12.2. The molecule has 2 heterocycles. The minimum absolute atomic E-state index is 0.0201. The standard InChI is InChI=1S/C24H23N5O2/c1-15-20-8-7-19-21(17-13-26-29(14-17)9-10-30)27-28-23(19)24(20,11-16(12-25)22(15)31)18-5-3-2-4-6-18/h2-6,11,13-15,20,30H,7-10H2,1H3,(H,27,28). The number of hydrogen-bond acceptors (Lipinski definition) is 5. The largest absolute Gasteiger partial charge is 0.394 e. The molecular formula is C24H23N5O2. The van der Waals surface area contributed by atoms with Crippen molar-refractivity contribution in [3.05, 3.63) is 71.2 Å². The molecule has 0 saturated heterocycles. The number of aliphatic hydroxyl groups is 1. The molecule has 0 saturated carbocycles. The van der Waals surface area contributed by atoms with Crippen LogP contribution >= 0.6 is 0 Å². The van der Waals surface area contributed by atoms with Gasteiger partial charge in [0, 0.05) is 23.2 Å². The second-order valence-electron chi connectivity index (χ2n) is 8.34. The minimum atomic E-state index is -0.612. The number of nitrogens with one attached hydrogen (secondary N) is 1. The van der Waals surface area contributed by atoms with Crippen LogP contribution in [0.4, 0.5) is 0 Å². The van der Waals surface area contributed by atoms with Crippen molar-refractivity contribution in [3.8, 4) is 17.3 Å². The molecule has 2 aliphatic carbocycles. The first-order valence-electron chi connectivity index (χ1n) is 10.5. The lowest BCUT2D eigenvalue weighted by Crippen LogP contribution is -2.48. The van der Waals surface area contributed by atoms with Gasteiger partial charge in [0.05, 0.1) is 41.7 Å². The number of nitrogens with zero attached hydrogens (tertiary/aromatic N) is 4. The van der Waals surface area contributed by atoms with Gasteiger partial charge < -0.3 is 5.11 Å². The van der Waals surface area contributed by atoms with Crippen LogP contribution in [0.2, 0.25) is 0 Å². The van der Waals surface area contributed by atoms with Crippen molar-refractivity contribution in [3.63, 3.8) is 0 Å². The summed E-state index contributed by atoms with van der Waals surface area (Å²) >= 11 is 0. The molecule has 0 amide bonds. The number of nitriles is 1. The molecule has 2 aliphatic rings. The molecule has 31 heavy (non-hydrogen) atoms. The van der Waals surface area contributed by atoms with Gasteiger partial charge in [0.25, 0.3) is 0 Å². The molecule has 0 bridgehead atoms. The van der Waals surface area contributed by atoms with Crippen LogP contribution in [-0.4, -0.2) is 37.5 Å². The van der Waals surface area contributed by atoms with Gasteiger partial charge in [-0.3, -0.25) is 14.6 Å². The Hall–Kier alpha value is -3.50. The van der Waals surface area contributed by atoms with Crippen LogP contribution in [-0.2, 0) is 23.2 Å². The molecule has 7 heteroatoms. The minimum Gasteiger partial charge on any atom is -0.394 e. The van der Waals surface area contributed by atoms with Gasteiger partial charge in [-0.15, -0.1) is 0 Å². The lowest BCUT2D eigenvalue weighted by molar-refractivity contribution is -0.121. The Morgan fingerprint density at radius 1 is 1.35 bits per heavy atom. The van der Waals surface area contributed by atoms with E-state index in [2.05, 4.69) is 33.5 Å². The molecule has 1 aromatic carbocycles. The smallest absolute Gasteiger partial charge is 0.176 e. The Labute approximate surface area is 180 Å². The zero-order valence-electron chi connectivity index (χ0n) is 17.2. The maximum absolute atomic E-state index is 12.8. The van der Waals surface area contributed by atoms with Crippen LogP contribution in [0.15, 0.2) is 54.4 Å². The molecular weight excluding hydrogens is 390 g/mol. The molecule has 0 radical (unpaired) electrons. The van der Waals surface area contributed by atoms with E-state index in [1.165, 1.54) is 0 Å². The summed E-state index contributed by atoms with van der Waals surface area (Å²) < 4.78 is 1.70. The summed E-state index contributed by atoms with van der Waals surface area (Å²) in [5.74, 6) is -0.294. The van der Waals surface area contributed by atoms with Gasteiger partial charge in [-0.05, 0) is 30.4 Å². The number of benzene rings is 1. The van der Waals surface area contributed by atoms with E-state index in [4.69, 9.17) is 0 Å². The topological polar surface area (TPSA) is 108 Å². The molecule has 3 atom stereocenters. The number of hydrogen-bond donors (Lipinski definition) is 2. The lowest BCUT2D eigenvalue weighted by atomic mass is 9.54. The van der Waals surface area contributed by atoms with E-state index in [-0.39, 0.29) is 29.8 Å². The summed E-state index contributed by atoms with van der Waals surface area (Å²) in [4.78, 5) is 12.8. The zero-order chi connectivity index (χ0) is 21.6. The Morgan fingerprint density at radius 3 is 2.90 bits per heavy atom. The summed E-state index contributed by atoms with van der Waals surface area (Å²) in [5.41, 5.74) is 4.43. The Kier molecular flexibility index (Phi) is 4.60. The number of fused-ring (bicyclic) bond motifs is 3. The molecule has 156 valence electrons. The molecule has 2 aromatic heterocycles. The van der Waals surface area contributed by atoms with Crippen LogP contribution in [0.5, 0.6) is 0 Å². The van der Waals surface area contributed by atoms with Gasteiger partial charge in [-0.2, -0.15) is 15.5 Å². The molecule has 0 aliphatic heterocycles. The average Bonchev–Trinajstić information content (AvgIpc) is 3.44. The average molecular weight is 413 g/mol. The number of Topliss-reactive ketones (excluding diaryl/α,β-unsaturated/α-hetero) is 1. The summed E-state index contributed by atoms with van der Waals surface area (Å²) in [6.07, 6.45) is 7.12. The highest BCUT2D eigenvalue weighted by molar-refractivity contribution is 6.02. The number of aromatic amines is 1. The number of aliphatic hydroxyl groups excluding tert-OH is 1. The number of carbonyl (C=O) groups excluding carboxylic acids is 1. The van der Waals surface area contributed by atoms with E-state index in [0.29, 0.717) is 6.54 Å². The summed E-state index contributed by atoms with van der Waals surface area (Å²) in [6.45, 7) is 2.39. The molecule has 3 aromatic rings. The molecule has 0 spiro atoms. The second kappa shape index (κ2) is 7.33. The van der Waals surface area contributed by atoms with Crippen LogP contribution in [0.1, 0.15) is 30.2 Å². The van der Waals surface area contributed by atoms with Crippen LogP contribution < -0.4 is 0 Å². The highest BCUT2D eigenvalue weighted by Crippen LogP contribution is 2.54. The predicted molar refractivity (Wildman–Crippen MR) is 114 cm³/mol. The van der Waals surface area contributed by atoms with E-state index in [1.807, 2.05) is 37.4 Å². The normalized spacial score (nSPS) is 24.8. The van der Waals surface area contributed by atoms with Gasteiger partial charge in [0.2, 0.25) is 0 Å². The van der Waals surface area contributed by atoms with Crippen LogP contribution in [0, 0.1) is 23.2 Å². The third-order valence-corrected chi connectivity index (χ3v) is 6.83. The first-order valence-corrected chi connectivity index (χ1v) is 10.5. The number of rotatable bonds is 4. The fourth-order valence-electron chi connectivity index (χ4n) is 5.41. The van der Waals surface area contributed by atoms with Crippen molar-refractivity contribution < 1.29 is 9.90 Å². The lowest BCUT2D eigenvalue weighted by Gasteiger charge is -2.47. The van der Waals surface area contributed by atoms with Crippen molar-refractivity contribution in [2.45, 2.75) is 31.7 Å². The van der Waals surface area contributed by atoms with E-state index in [0.717, 1.165) is 40.9 Å². The Bertz CT molecular complexity index is 1220. The van der Waals surface area contributed by atoms with Gasteiger partial charge in [0.15, 0.2) is 5.78 Å².